The quantitative estimate of drug-likeness (QED) is 0.708. The summed E-state index contributed by atoms with van der Waals surface area (Å²) in [6.07, 6.45) is 1.06. The molecular weight excluding hydrogens is 254 g/mol. The van der Waals surface area contributed by atoms with Gasteiger partial charge in [-0.05, 0) is 31.0 Å². The van der Waals surface area contributed by atoms with Crippen molar-refractivity contribution in [3.63, 3.8) is 0 Å². The number of primary amides is 1. The van der Waals surface area contributed by atoms with Gasteiger partial charge in [-0.1, -0.05) is 13.0 Å². The van der Waals surface area contributed by atoms with Crippen molar-refractivity contribution >= 4 is 11.6 Å². The molecule has 20 heavy (non-hydrogen) atoms. The van der Waals surface area contributed by atoms with E-state index in [1.54, 1.807) is 19.2 Å². The Labute approximate surface area is 120 Å². The molecule has 1 rings (SSSR count). The summed E-state index contributed by atoms with van der Waals surface area (Å²) in [5.74, 6) is -0.457. The van der Waals surface area contributed by atoms with E-state index >= 15 is 0 Å². The highest BCUT2D eigenvalue weighted by molar-refractivity contribution is 5.93. The topological polar surface area (TPSA) is 81.6 Å². The summed E-state index contributed by atoms with van der Waals surface area (Å²) in [4.78, 5) is 13.4. The maximum atomic E-state index is 11.1. The van der Waals surface area contributed by atoms with Crippen LogP contribution in [0.5, 0.6) is 0 Å². The van der Waals surface area contributed by atoms with Gasteiger partial charge in [-0.3, -0.25) is 9.69 Å². The molecule has 0 radical (unpaired) electrons. The van der Waals surface area contributed by atoms with E-state index in [0.717, 1.165) is 25.1 Å². The summed E-state index contributed by atoms with van der Waals surface area (Å²) in [5, 5.41) is 0. The third kappa shape index (κ3) is 4.51. The van der Waals surface area contributed by atoms with Gasteiger partial charge in [0.25, 0.3) is 0 Å². The summed E-state index contributed by atoms with van der Waals surface area (Å²) in [5.41, 5.74) is 13.3. The third-order valence-electron chi connectivity index (χ3n) is 3.60. The minimum absolute atomic E-state index is 0.443. The number of amides is 1. The van der Waals surface area contributed by atoms with Crippen LogP contribution in [0.1, 0.15) is 36.2 Å². The van der Waals surface area contributed by atoms with E-state index in [0.29, 0.717) is 23.9 Å². The summed E-state index contributed by atoms with van der Waals surface area (Å²) in [6, 6.07) is 5.68. The zero-order valence-electron chi connectivity index (χ0n) is 12.6. The highest BCUT2D eigenvalue weighted by Crippen LogP contribution is 2.18. The molecule has 1 atom stereocenters. The fraction of sp³-hybridized carbons (Fsp3) is 0.533. The Morgan fingerprint density at radius 1 is 1.45 bits per heavy atom. The maximum Gasteiger partial charge on any atom is 0.248 e. The number of benzene rings is 1. The van der Waals surface area contributed by atoms with E-state index in [2.05, 4.69) is 18.7 Å². The molecule has 0 saturated heterocycles. The Morgan fingerprint density at radius 3 is 2.65 bits per heavy atom. The van der Waals surface area contributed by atoms with Crippen LogP contribution in [0.25, 0.3) is 0 Å². The average molecular weight is 279 g/mol. The van der Waals surface area contributed by atoms with Crippen LogP contribution >= 0.6 is 0 Å². The van der Waals surface area contributed by atoms with Gasteiger partial charge in [0.1, 0.15) is 0 Å². The highest BCUT2D eigenvalue weighted by atomic mass is 16.5. The first-order valence-electron chi connectivity index (χ1n) is 6.90. The van der Waals surface area contributed by atoms with Gasteiger partial charge in [-0.15, -0.1) is 0 Å². The minimum Gasteiger partial charge on any atom is -0.398 e. The second kappa shape index (κ2) is 7.87. The van der Waals surface area contributed by atoms with Crippen molar-refractivity contribution in [3.8, 4) is 0 Å². The molecule has 5 heteroatoms. The second-order valence-electron chi connectivity index (χ2n) is 5.00. The number of rotatable bonds is 8. The van der Waals surface area contributed by atoms with E-state index in [1.807, 2.05) is 6.07 Å². The standard InChI is InChI=1S/C15H25N3O2/c1-4-11(2)18(7-8-20-3)10-13-6-5-12(15(17)19)9-14(13)16/h5-6,9,11H,4,7-8,10,16H2,1-3H3,(H2,17,19). The normalized spacial score (nSPS) is 12.6. The van der Waals surface area contributed by atoms with Crippen LogP contribution in [0.3, 0.4) is 0 Å². The number of hydrogen-bond donors (Lipinski definition) is 2. The highest BCUT2D eigenvalue weighted by Gasteiger charge is 2.14. The zero-order valence-corrected chi connectivity index (χ0v) is 12.6. The largest absolute Gasteiger partial charge is 0.398 e. The van der Waals surface area contributed by atoms with Crippen LogP contribution in [0, 0.1) is 0 Å². The lowest BCUT2D eigenvalue weighted by Crippen LogP contribution is -2.35. The van der Waals surface area contributed by atoms with Gasteiger partial charge in [0.15, 0.2) is 0 Å². The Kier molecular flexibility index (Phi) is 6.48. The van der Waals surface area contributed by atoms with Crippen LogP contribution in [-0.4, -0.2) is 37.1 Å². The fourth-order valence-corrected chi connectivity index (χ4v) is 2.03. The van der Waals surface area contributed by atoms with Gasteiger partial charge in [0.2, 0.25) is 5.91 Å². The molecule has 5 nitrogen and oxygen atoms in total. The molecule has 0 bridgehead atoms. The Morgan fingerprint density at radius 2 is 2.15 bits per heavy atom. The molecule has 1 amide bonds. The summed E-state index contributed by atoms with van der Waals surface area (Å²) >= 11 is 0. The Bertz CT molecular complexity index is 449. The number of methoxy groups -OCH3 is 1. The number of carbonyl (C=O) groups excluding carboxylic acids is 1. The van der Waals surface area contributed by atoms with Crippen LogP contribution in [0.15, 0.2) is 18.2 Å². The molecule has 1 aromatic rings. The van der Waals surface area contributed by atoms with Crippen molar-refractivity contribution in [1.29, 1.82) is 0 Å². The van der Waals surface area contributed by atoms with E-state index in [9.17, 15) is 4.79 Å². The van der Waals surface area contributed by atoms with Crippen molar-refractivity contribution in [3.05, 3.63) is 29.3 Å². The first-order valence-corrected chi connectivity index (χ1v) is 6.90. The number of anilines is 1. The van der Waals surface area contributed by atoms with Crippen molar-refractivity contribution in [1.82, 2.24) is 4.90 Å². The second-order valence-corrected chi connectivity index (χ2v) is 5.00. The smallest absolute Gasteiger partial charge is 0.248 e. The molecule has 4 N–H and O–H groups in total. The number of nitrogen functional groups attached to an aromatic ring is 1. The molecule has 0 heterocycles. The molecule has 0 fully saturated rings. The summed E-state index contributed by atoms with van der Waals surface area (Å²) < 4.78 is 5.15. The lowest BCUT2D eigenvalue weighted by molar-refractivity contribution is 0.1000. The molecule has 0 saturated carbocycles. The lowest BCUT2D eigenvalue weighted by Gasteiger charge is -2.28. The lowest BCUT2D eigenvalue weighted by atomic mass is 10.1. The van der Waals surface area contributed by atoms with E-state index in [-0.39, 0.29) is 0 Å². The maximum absolute atomic E-state index is 11.1. The van der Waals surface area contributed by atoms with Crippen LogP contribution in [-0.2, 0) is 11.3 Å². The Hall–Kier alpha value is -1.59. The minimum atomic E-state index is -0.457. The summed E-state index contributed by atoms with van der Waals surface area (Å²) in [6.45, 7) is 6.61. The third-order valence-corrected chi connectivity index (χ3v) is 3.60. The van der Waals surface area contributed by atoms with Gasteiger partial charge >= 0.3 is 0 Å². The van der Waals surface area contributed by atoms with Gasteiger partial charge in [-0.25, -0.2) is 0 Å². The van der Waals surface area contributed by atoms with E-state index in [4.69, 9.17) is 16.2 Å². The molecule has 1 unspecified atom stereocenters. The van der Waals surface area contributed by atoms with Crippen molar-refractivity contribution in [2.75, 3.05) is 26.0 Å². The molecular formula is C15H25N3O2. The average Bonchev–Trinajstić information content (AvgIpc) is 2.43. The number of nitrogens with zero attached hydrogens (tertiary/aromatic N) is 1. The first-order chi connectivity index (χ1) is 9.49. The molecule has 0 aliphatic heterocycles. The summed E-state index contributed by atoms with van der Waals surface area (Å²) in [7, 11) is 1.70. The Balaban J connectivity index is 2.84. The van der Waals surface area contributed by atoms with Crippen LogP contribution in [0.4, 0.5) is 5.69 Å². The number of ether oxygens (including phenoxy) is 1. The number of carbonyl (C=O) groups is 1. The van der Waals surface area contributed by atoms with Gasteiger partial charge < -0.3 is 16.2 Å². The molecule has 0 spiro atoms. The fourth-order valence-electron chi connectivity index (χ4n) is 2.03. The predicted molar refractivity (Wildman–Crippen MR) is 81.4 cm³/mol. The first kappa shape index (κ1) is 16.5. The predicted octanol–water partition coefficient (Wildman–Crippen LogP) is 1.61. The van der Waals surface area contributed by atoms with Crippen LogP contribution in [0.2, 0.25) is 0 Å². The molecule has 0 aromatic heterocycles. The van der Waals surface area contributed by atoms with Gasteiger partial charge in [0, 0.05) is 37.5 Å². The molecule has 112 valence electrons. The number of hydrogen-bond acceptors (Lipinski definition) is 4. The molecule has 1 aromatic carbocycles. The zero-order chi connectivity index (χ0) is 15.1. The van der Waals surface area contributed by atoms with Crippen molar-refractivity contribution in [2.24, 2.45) is 5.73 Å². The van der Waals surface area contributed by atoms with Gasteiger partial charge in [-0.2, -0.15) is 0 Å². The van der Waals surface area contributed by atoms with Crippen LogP contribution < -0.4 is 11.5 Å². The molecule has 0 aliphatic carbocycles. The monoisotopic (exact) mass is 279 g/mol. The number of nitrogens with two attached hydrogens (primary N) is 2. The van der Waals surface area contributed by atoms with Crippen molar-refractivity contribution < 1.29 is 9.53 Å². The van der Waals surface area contributed by atoms with Gasteiger partial charge in [0.05, 0.1) is 6.61 Å². The molecule has 0 aliphatic rings. The van der Waals surface area contributed by atoms with Crippen molar-refractivity contribution in [2.45, 2.75) is 32.9 Å². The SMILES string of the molecule is CCC(C)N(CCOC)Cc1ccc(C(N)=O)cc1N. The van der Waals surface area contributed by atoms with E-state index in [1.165, 1.54) is 0 Å². The van der Waals surface area contributed by atoms with E-state index < -0.39 is 5.91 Å².